The van der Waals surface area contributed by atoms with Gasteiger partial charge in [-0.05, 0) is 12.8 Å². The summed E-state index contributed by atoms with van der Waals surface area (Å²) in [4.78, 5) is 22.1. The number of hydrazine groups is 1. The monoisotopic (exact) mass is 258 g/mol. The third-order valence-corrected chi connectivity index (χ3v) is 4.75. The van der Waals surface area contributed by atoms with Gasteiger partial charge in [0.05, 0.1) is 12.1 Å². The van der Waals surface area contributed by atoms with Crippen molar-refractivity contribution in [3.8, 4) is 0 Å². The molecule has 5 N–H and O–H groups in total. The number of nitrogens with one attached hydrogen (secondary N) is 3. The number of fused-ring (bicyclic) bond motifs is 1. The maximum Gasteiger partial charge on any atom is 0.315 e. The van der Waals surface area contributed by atoms with Crippen molar-refractivity contribution >= 4 is 23.7 Å². The van der Waals surface area contributed by atoms with Gasteiger partial charge in [-0.15, -0.1) is 0 Å². The molecule has 17 heavy (non-hydrogen) atoms. The molecule has 0 unspecified atom stereocenters. The van der Waals surface area contributed by atoms with Crippen LogP contribution in [0, 0.1) is 0 Å². The predicted molar refractivity (Wildman–Crippen MR) is 66.3 cm³/mol. The molecule has 0 aromatic rings. The van der Waals surface area contributed by atoms with E-state index in [0.29, 0.717) is 11.7 Å². The van der Waals surface area contributed by atoms with Crippen molar-refractivity contribution in [3.05, 3.63) is 0 Å². The Morgan fingerprint density at radius 1 is 1.47 bits per heavy atom. The Labute approximate surface area is 104 Å². The van der Waals surface area contributed by atoms with E-state index in [4.69, 9.17) is 5.84 Å². The Balaban J connectivity index is 1.66. The maximum absolute atomic E-state index is 11.2. The van der Waals surface area contributed by atoms with Crippen LogP contribution < -0.4 is 21.9 Å². The summed E-state index contributed by atoms with van der Waals surface area (Å²) in [6.45, 7) is 0. The Morgan fingerprint density at radius 3 is 3.06 bits per heavy atom. The fourth-order valence-electron chi connectivity index (χ4n) is 2.35. The Bertz CT molecular complexity index is 313. The third kappa shape index (κ3) is 3.04. The van der Waals surface area contributed by atoms with Crippen LogP contribution in [0.3, 0.4) is 0 Å². The molecule has 0 bridgehead atoms. The summed E-state index contributed by atoms with van der Waals surface area (Å²) >= 11 is 1.90. The first-order chi connectivity index (χ1) is 8.20. The summed E-state index contributed by atoms with van der Waals surface area (Å²) in [5.41, 5.74) is 2.13. The van der Waals surface area contributed by atoms with Crippen molar-refractivity contribution in [1.82, 2.24) is 16.1 Å². The van der Waals surface area contributed by atoms with Crippen molar-refractivity contribution in [3.63, 3.8) is 0 Å². The number of urea groups is 1. The molecular formula is C10H18N4O2S. The Hall–Kier alpha value is -0.950. The van der Waals surface area contributed by atoms with E-state index in [0.717, 1.165) is 25.0 Å². The molecule has 0 saturated carbocycles. The first-order valence-electron chi connectivity index (χ1n) is 5.89. The molecule has 7 heteroatoms. The molecule has 0 aromatic carbocycles. The van der Waals surface area contributed by atoms with Crippen LogP contribution in [0.4, 0.5) is 4.79 Å². The van der Waals surface area contributed by atoms with Gasteiger partial charge in [0.15, 0.2) is 0 Å². The van der Waals surface area contributed by atoms with Crippen LogP contribution in [-0.4, -0.2) is 35.0 Å². The SMILES string of the molecule is NNC(=O)CCCC[C@@H]1SC[C@H]2NC(=O)N[C@H]12. The quantitative estimate of drug-likeness (QED) is 0.179. The van der Waals surface area contributed by atoms with E-state index in [1.165, 1.54) is 0 Å². The topological polar surface area (TPSA) is 96.2 Å². The molecule has 2 heterocycles. The average molecular weight is 258 g/mol. The molecule has 2 aliphatic rings. The van der Waals surface area contributed by atoms with Gasteiger partial charge in [-0.2, -0.15) is 11.8 Å². The zero-order chi connectivity index (χ0) is 12.3. The van der Waals surface area contributed by atoms with Crippen molar-refractivity contribution in [2.45, 2.75) is 43.0 Å². The summed E-state index contributed by atoms with van der Waals surface area (Å²) in [5.74, 6) is 5.87. The first kappa shape index (κ1) is 12.5. The molecule has 2 aliphatic heterocycles. The Kier molecular flexibility index (Phi) is 4.11. The maximum atomic E-state index is 11.2. The molecule has 2 rings (SSSR count). The van der Waals surface area contributed by atoms with Crippen molar-refractivity contribution in [2.24, 2.45) is 5.84 Å². The first-order valence-corrected chi connectivity index (χ1v) is 6.93. The van der Waals surface area contributed by atoms with E-state index in [9.17, 15) is 9.59 Å². The van der Waals surface area contributed by atoms with Crippen LogP contribution in [0.5, 0.6) is 0 Å². The number of hydrogen-bond acceptors (Lipinski definition) is 4. The molecule has 2 fully saturated rings. The lowest BCUT2D eigenvalue weighted by Gasteiger charge is -2.16. The number of rotatable bonds is 5. The summed E-state index contributed by atoms with van der Waals surface area (Å²) in [5, 5.41) is 6.34. The number of carbonyl (C=O) groups excluding carboxylic acids is 2. The van der Waals surface area contributed by atoms with Gasteiger partial charge < -0.3 is 10.6 Å². The van der Waals surface area contributed by atoms with Gasteiger partial charge in [-0.1, -0.05) is 6.42 Å². The van der Waals surface area contributed by atoms with Crippen LogP contribution in [0.15, 0.2) is 0 Å². The highest BCUT2D eigenvalue weighted by Crippen LogP contribution is 2.33. The second-order valence-corrected chi connectivity index (χ2v) is 5.71. The van der Waals surface area contributed by atoms with Gasteiger partial charge in [0, 0.05) is 17.4 Å². The molecule has 0 radical (unpaired) electrons. The molecule has 96 valence electrons. The fraction of sp³-hybridized carbons (Fsp3) is 0.800. The van der Waals surface area contributed by atoms with Crippen molar-refractivity contribution < 1.29 is 9.59 Å². The van der Waals surface area contributed by atoms with E-state index < -0.39 is 0 Å². The lowest BCUT2D eigenvalue weighted by molar-refractivity contribution is -0.121. The predicted octanol–water partition coefficient (Wildman–Crippen LogP) is -0.298. The van der Waals surface area contributed by atoms with Crippen LogP contribution in [0.2, 0.25) is 0 Å². The molecule has 3 atom stereocenters. The zero-order valence-electron chi connectivity index (χ0n) is 9.57. The van der Waals surface area contributed by atoms with E-state index in [1.54, 1.807) is 0 Å². The normalized spacial score (nSPS) is 30.6. The molecule has 3 amide bonds. The van der Waals surface area contributed by atoms with Crippen LogP contribution in [0.1, 0.15) is 25.7 Å². The largest absolute Gasteiger partial charge is 0.332 e. The summed E-state index contributed by atoms with van der Waals surface area (Å²) in [7, 11) is 0. The number of carbonyl (C=O) groups is 2. The second kappa shape index (κ2) is 5.59. The van der Waals surface area contributed by atoms with Crippen molar-refractivity contribution in [2.75, 3.05) is 5.75 Å². The molecule has 0 spiro atoms. The molecular weight excluding hydrogens is 240 g/mol. The van der Waals surface area contributed by atoms with Gasteiger partial charge in [0.25, 0.3) is 0 Å². The molecule has 6 nitrogen and oxygen atoms in total. The summed E-state index contributed by atoms with van der Waals surface area (Å²) < 4.78 is 0. The van der Waals surface area contributed by atoms with Gasteiger partial charge in [0.1, 0.15) is 0 Å². The minimum Gasteiger partial charge on any atom is -0.332 e. The lowest BCUT2D eigenvalue weighted by atomic mass is 10.0. The van der Waals surface area contributed by atoms with Crippen LogP contribution in [-0.2, 0) is 4.79 Å². The van der Waals surface area contributed by atoms with Gasteiger partial charge in [0.2, 0.25) is 5.91 Å². The van der Waals surface area contributed by atoms with E-state index >= 15 is 0 Å². The van der Waals surface area contributed by atoms with Crippen LogP contribution in [0.25, 0.3) is 0 Å². The number of amides is 3. The molecule has 2 saturated heterocycles. The van der Waals surface area contributed by atoms with Gasteiger partial charge >= 0.3 is 6.03 Å². The summed E-state index contributed by atoms with van der Waals surface area (Å²) in [6.07, 6.45) is 3.35. The zero-order valence-corrected chi connectivity index (χ0v) is 10.4. The average Bonchev–Trinajstić information content (AvgIpc) is 2.84. The minimum absolute atomic E-state index is 0.0483. The third-order valence-electron chi connectivity index (χ3n) is 3.24. The minimum atomic E-state index is -0.113. The van der Waals surface area contributed by atoms with Gasteiger partial charge in [-0.25, -0.2) is 10.6 Å². The lowest BCUT2D eigenvalue weighted by Crippen LogP contribution is -2.36. The molecule has 0 aromatic heterocycles. The van der Waals surface area contributed by atoms with E-state index in [1.807, 2.05) is 11.8 Å². The summed E-state index contributed by atoms with van der Waals surface area (Å²) in [6, 6.07) is 0.494. The highest BCUT2D eigenvalue weighted by atomic mass is 32.2. The second-order valence-electron chi connectivity index (χ2n) is 4.44. The smallest absolute Gasteiger partial charge is 0.315 e. The number of nitrogens with two attached hydrogens (primary N) is 1. The highest BCUT2D eigenvalue weighted by molar-refractivity contribution is 8.00. The van der Waals surface area contributed by atoms with Crippen molar-refractivity contribution in [1.29, 1.82) is 0 Å². The van der Waals surface area contributed by atoms with E-state index in [-0.39, 0.29) is 24.0 Å². The number of thioether (sulfide) groups is 1. The molecule has 0 aliphatic carbocycles. The van der Waals surface area contributed by atoms with Crippen LogP contribution >= 0.6 is 11.8 Å². The van der Waals surface area contributed by atoms with E-state index in [2.05, 4.69) is 16.1 Å². The van der Waals surface area contributed by atoms with Gasteiger partial charge in [-0.3, -0.25) is 10.2 Å². The fourth-order valence-corrected chi connectivity index (χ4v) is 3.89. The number of hydrogen-bond donors (Lipinski definition) is 4. The highest BCUT2D eigenvalue weighted by Gasteiger charge is 2.42. The number of unbranched alkanes of at least 4 members (excludes halogenated alkanes) is 1. The standard InChI is InChI=1S/C10H18N4O2S/c11-14-8(15)4-2-1-3-7-9-6(5-17-7)12-10(16)13-9/h6-7,9H,1-5,11H2,(H,14,15)(H2,12,13,16)/t6-,7+,9+/m1/s1. The Morgan fingerprint density at radius 2 is 2.29 bits per heavy atom.